The van der Waals surface area contributed by atoms with Gasteiger partial charge < -0.3 is 5.73 Å². The molecule has 0 saturated heterocycles. The van der Waals surface area contributed by atoms with Crippen LogP contribution in [0.2, 0.25) is 0 Å². The van der Waals surface area contributed by atoms with E-state index in [1.165, 1.54) is 0 Å². The first-order chi connectivity index (χ1) is 8.06. The molecule has 2 N–H and O–H groups in total. The third kappa shape index (κ3) is 2.76. The minimum Gasteiger partial charge on any atom is -0.384 e. The van der Waals surface area contributed by atoms with E-state index in [1.807, 2.05) is 6.07 Å². The number of anilines is 1. The van der Waals surface area contributed by atoms with Gasteiger partial charge in [-0.1, -0.05) is 23.9 Å². The molecular weight excluding hydrogens is 244 g/mol. The molecule has 0 aliphatic heterocycles. The zero-order valence-corrected chi connectivity index (χ0v) is 9.92. The Balaban J connectivity index is 2.32. The Morgan fingerprint density at radius 3 is 2.71 bits per heavy atom. The van der Waals surface area contributed by atoms with Gasteiger partial charge in [-0.05, 0) is 12.1 Å². The van der Waals surface area contributed by atoms with Crippen LogP contribution in [0.1, 0.15) is 0 Å². The van der Waals surface area contributed by atoms with Crippen LogP contribution in [-0.4, -0.2) is 15.5 Å². The van der Waals surface area contributed by atoms with Crippen LogP contribution in [0.4, 0.5) is 14.6 Å². The highest BCUT2D eigenvalue weighted by Crippen LogP contribution is 2.29. The molecule has 6 heteroatoms. The maximum atomic E-state index is 12.2. The first kappa shape index (κ1) is 11.9. The highest BCUT2D eigenvalue weighted by atomic mass is 32.2. The second-order valence-corrected chi connectivity index (χ2v) is 4.55. The van der Waals surface area contributed by atoms with E-state index >= 15 is 0 Å². The molecule has 0 aliphatic carbocycles. The molecule has 3 nitrogen and oxygen atoms in total. The van der Waals surface area contributed by atoms with Crippen LogP contribution in [-0.2, 0) is 7.05 Å². The van der Waals surface area contributed by atoms with Gasteiger partial charge in [0.05, 0.1) is 5.69 Å². The third-order valence-electron chi connectivity index (χ3n) is 2.27. The molecule has 0 spiro atoms. The number of aryl methyl sites for hydroxylation is 1. The number of hydrogen-bond acceptors (Lipinski definition) is 3. The second kappa shape index (κ2) is 4.75. The van der Waals surface area contributed by atoms with E-state index in [0.29, 0.717) is 28.2 Å². The number of rotatable bonds is 3. The number of nitrogens with two attached hydrogens (primary N) is 1. The fourth-order valence-corrected chi connectivity index (χ4v) is 2.01. The van der Waals surface area contributed by atoms with Crippen molar-refractivity contribution in [3.05, 3.63) is 30.3 Å². The first-order valence-corrected chi connectivity index (χ1v) is 5.79. The number of nitrogens with zero attached hydrogens (tertiary/aromatic N) is 2. The van der Waals surface area contributed by atoms with Crippen molar-refractivity contribution >= 4 is 17.6 Å². The summed E-state index contributed by atoms with van der Waals surface area (Å²) in [5.74, 6) is -1.88. The Bertz CT molecular complexity index is 506. The van der Waals surface area contributed by atoms with E-state index in [2.05, 4.69) is 5.10 Å². The highest BCUT2D eigenvalue weighted by Gasteiger charge is 2.08. The van der Waals surface area contributed by atoms with E-state index in [4.69, 9.17) is 5.73 Å². The number of halogens is 2. The topological polar surface area (TPSA) is 43.8 Å². The number of nitrogen functional groups attached to an aromatic ring is 1. The molecule has 0 amide bonds. The van der Waals surface area contributed by atoms with Gasteiger partial charge in [0.25, 0.3) is 5.76 Å². The zero-order valence-electron chi connectivity index (χ0n) is 9.10. The number of hydrogen-bond donors (Lipinski definition) is 1. The molecular formula is C11H11F2N3S. The summed E-state index contributed by atoms with van der Waals surface area (Å²) in [6.45, 7) is 0. The lowest BCUT2D eigenvalue weighted by molar-refractivity contribution is 0.252. The van der Waals surface area contributed by atoms with Gasteiger partial charge in [-0.2, -0.15) is 13.9 Å². The lowest BCUT2D eigenvalue weighted by Crippen LogP contribution is -1.96. The monoisotopic (exact) mass is 255 g/mol. The van der Waals surface area contributed by atoms with E-state index in [0.717, 1.165) is 5.56 Å². The minimum absolute atomic E-state index is 0.515. The molecule has 2 rings (SSSR count). The first-order valence-electron chi connectivity index (χ1n) is 4.91. The highest BCUT2D eigenvalue weighted by molar-refractivity contribution is 7.99. The summed E-state index contributed by atoms with van der Waals surface area (Å²) in [4.78, 5) is 0.515. The Morgan fingerprint density at radius 2 is 2.12 bits per heavy atom. The summed E-state index contributed by atoms with van der Waals surface area (Å²) in [5, 5.41) is 4.20. The molecule has 0 fully saturated rings. The van der Waals surface area contributed by atoms with Crippen LogP contribution in [0.15, 0.2) is 35.2 Å². The summed E-state index contributed by atoms with van der Waals surface area (Å²) in [5.41, 5.74) is 7.13. The van der Waals surface area contributed by atoms with Crippen LogP contribution in [0.3, 0.4) is 0 Å². The number of alkyl halides is 2. The van der Waals surface area contributed by atoms with Gasteiger partial charge in [0, 0.05) is 23.6 Å². The molecule has 1 heterocycles. The summed E-state index contributed by atoms with van der Waals surface area (Å²) in [6, 6.07) is 8.58. The van der Waals surface area contributed by atoms with Gasteiger partial charge in [0.1, 0.15) is 5.82 Å². The summed E-state index contributed by atoms with van der Waals surface area (Å²) in [7, 11) is 1.73. The van der Waals surface area contributed by atoms with Crippen molar-refractivity contribution in [3.63, 3.8) is 0 Å². The summed E-state index contributed by atoms with van der Waals surface area (Å²) >= 11 is 0.519. The van der Waals surface area contributed by atoms with E-state index in [1.54, 1.807) is 36.0 Å². The van der Waals surface area contributed by atoms with Crippen LogP contribution < -0.4 is 5.73 Å². The van der Waals surface area contributed by atoms with Crippen molar-refractivity contribution < 1.29 is 8.78 Å². The smallest absolute Gasteiger partial charge is 0.288 e. The Kier molecular flexibility index (Phi) is 3.33. The fourth-order valence-electron chi connectivity index (χ4n) is 1.45. The largest absolute Gasteiger partial charge is 0.384 e. The van der Waals surface area contributed by atoms with Crippen molar-refractivity contribution in [2.24, 2.45) is 7.05 Å². The summed E-state index contributed by atoms with van der Waals surface area (Å²) < 4.78 is 26.0. The third-order valence-corrected chi connectivity index (χ3v) is 2.98. The number of aromatic nitrogens is 2. The average Bonchev–Trinajstić information content (AvgIpc) is 2.59. The van der Waals surface area contributed by atoms with Gasteiger partial charge >= 0.3 is 0 Å². The predicted molar refractivity (Wildman–Crippen MR) is 64.9 cm³/mol. The molecule has 2 aromatic rings. The minimum atomic E-state index is -2.42. The normalized spacial score (nSPS) is 11.1. The molecule has 0 bridgehead atoms. The molecule has 90 valence electrons. The van der Waals surface area contributed by atoms with Crippen LogP contribution >= 0.6 is 11.8 Å². The average molecular weight is 255 g/mol. The SMILES string of the molecule is Cn1nc(-c2cccc(SC(F)F)c2)cc1N. The molecule has 0 saturated carbocycles. The summed E-state index contributed by atoms with van der Waals surface area (Å²) in [6.07, 6.45) is 0. The molecule has 1 aromatic heterocycles. The van der Waals surface area contributed by atoms with Crippen LogP contribution in [0.25, 0.3) is 11.3 Å². The molecule has 0 radical (unpaired) electrons. The van der Waals surface area contributed by atoms with Crippen molar-refractivity contribution in [1.82, 2.24) is 9.78 Å². The number of thioether (sulfide) groups is 1. The van der Waals surface area contributed by atoms with Crippen molar-refractivity contribution in [1.29, 1.82) is 0 Å². The number of benzene rings is 1. The van der Waals surface area contributed by atoms with E-state index < -0.39 is 5.76 Å². The van der Waals surface area contributed by atoms with Crippen molar-refractivity contribution in [2.75, 3.05) is 5.73 Å². The van der Waals surface area contributed by atoms with Gasteiger partial charge in [-0.25, -0.2) is 0 Å². The Morgan fingerprint density at radius 1 is 1.35 bits per heavy atom. The lowest BCUT2D eigenvalue weighted by Gasteiger charge is -2.02. The molecule has 17 heavy (non-hydrogen) atoms. The second-order valence-electron chi connectivity index (χ2n) is 3.48. The van der Waals surface area contributed by atoms with Gasteiger partial charge in [-0.3, -0.25) is 4.68 Å². The standard InChI is InChI=1S/C11H11F2N3S/c1-16-10(14)6-9(15-16)7-3-2-4-8(5-7)17-11(12)13/h2-6,11H,14H2,1H3. The van der Waals surface area contributed by atoms with Crippen LogP contribution in [0, 0.1) is 0 Å². The van der Waals surface area contributed by atoms with Crippen molar-refractivity contribution in [2.45, 2.75) is 10.7 Å². The molecule has 0 atom stereocenters. The van der Waals surface area contributed by atoms with Gasteiger partial charge in [-0.15, -0.1) is 0 Å². The molecule has 0 unspecified atom stereocenters. The fraction of sp³-hybridized carbons (Fsp3) is 0.182. The molecule has 0 aliphatic rings. The van der Waals surface area contributed by atoms with E-state index in [-0.39, 0.29) is 0 Å². The van der Waals surface area contributed by atoms with E-state index in [9.17, 15) is 8.78 Å². The lowest BCUT2D eigenvalue weighted by atomic mass is 10.1. The maximum Gasteiger partial charge on any atom is 0.288 e. The Labute approximate surface area is 102 Å². The van der Waals surface area contributed by atoms with Crippen molar-refractivity contribution in [3.8, 4) is 11.3 Å². The zero-order chi connectivity index (χ0) is 12.4. The van der Waals surface area contributed by atoms with Gasteiger partial charge in [0.15, 0.2) is 0 Å². The quantitative estimate of drug-likeness (QED) is 0.857. The van der Waals surface area contributed by atoms with Gasteiger partial charge in [0.2, 0.25) is 0 Å². The predicted octanol–water partition coefficient (Wildman–Crippen LogP) is 2.98. The molecule has 1 aromatic carbocycles. The van der Waals surface area contributed by atoms with Crippen LogP contribution in [0.5, 0.6) is 0 Å². The Hall–Kier alpha value is -1.56. The maximum absolute atomic E-state index is 12.2.